The van der Waals surface area contributed by atoms with Crippen molar-refractivity contribution in [2.75, 3.05) is 6.61 Å². The summed E-state index contributed by atoms with van der Waals surface area (Å²) in [6.07, 6.45) is 5.73. The number of halogens is 1. The molecule has 1 aliphatic heterocycles. The summed E-state index contributed by atoms with van der Waals surface area (Å²) >= 11 is 3.60. The number of ether oxygens (including phenoxy) is 1. The molecule has 2 N–H and O–H groups in total. The van der Waals surface area contributed by atoms with Gasteiger partial charge >= 0.3 is 0 Å². The molecule has 7 nitrogen and oxygen atoms in total. The fourth-order valence-electron chi connectivity index (χ4n) is 3.85. The molecule has 4 rings (SSSR count). The second-order valence-corrected chi connectivity index (χ2v) is 8.11. The van der Waals surface area contributed by atoms with Gasteiger partial charge in [0.1, 0.15) is 11.3 Å². The van der Waals surface area contributed by atoms with E-state index in [0.29, 0.717) is 18.3 Å². The largest absolute Gasteiger partial charge is 0.382 e. The second kappa shape index (κ2) is 7.97. The van der Waals surface area contributed by atoms with Crippen LogP contribution in [0.4, 0.5) is 0 Å². The summed E-state index contributed by atoms with van der Waals surface area (Å²) in [7, 11) is 0. The molecule has 0 spiro atoms. The molecule has 2 atom stereocenters. The Bertz CT molecular complexity index is 1060. The van der Waals surface area contributed by atoms with Crippen LogP contribution in [0, 0.1) is 5.53 Å². The average molecular weight is 443 g/mol. The molecule has 3 heterocycles. The Balaban J connectivity index is 1.87. The normalized spacial score (nSPS) is 20.6. The highest BCUT2D eigenvalue weighted by Crippen LogP contribution is 2.34. The predicted octanol–water partition coefficient (Wildman–Crippen LogP) is 5.07. The first-order chi connectivity index (χ1) is 13.6. The van der Waals surface area contributed by atoms with Crippen LogP contribution in [0.25, 0.3) is 21.9 Å². The number of nitrogens with zero attached hydrogens (tertiary/aromatic N) is 4. The van der Waals surface area contributed by atoms with Gasteiger partial charge in [0.25, 0.3) is 0 Å². The summed E-state index contributed by atoms with van der Waals surface area (Å²) in [5, 5.41) is 7.76. The molecule has 0 bridgehead atoms. The van der Waals surface area contributed by atoms with Crippen molar-refractivity contribution in [3.8, 4) is 0 Å². The van der Waals surface area contributed by atoms with E-state index in [1.807, 2.05) is 18.3 Å². The lowest BCUT2D eigenvalue weighted by atomic mass is 10.0. The number of benzene rings is 1. The van der Waals surface area contributed by atoms with E-state index in [1.165, 1.54) is 0 Å². The van der Waals surface area contributed by atoms with E-state index in [4.69, 9.17) is 15.3 Å². The third-order valence-electron chi connectivity index (χ3n) is 5.12. The molecule has 3 aromatic rings. The third-order valence-corrected chi connectivity index (χ3v) is 5.61. The third kappa shape index (κ3) is 3.66. The monoisotopic (exact) mass is 442 g/mol. The van der Waals surface area contributed by atoms with Gasteiger partial charge in [0.05, 0.1) is 35.6 Å². The molecule has 1 aromatic carbocycles. The maximum Gasteiger partial charge on any atom is 0.129 e. The summed E-state index contributed by atoms with van der Waals surface area (Å²) < 4.78 is 9.17. The Morgan fingerprint density at radius 3 is 3.11 bits per heavy atom. The van der Waals surface area contributed by atoms with E-state index in [0.717, 1.165) is 51.7 Å². The summed E-state index contributed by atoms with van der Waals surface area (Å²) in [5.41, 5.74) is 10.7. The highest BCUT2D eigenvalue weighted by molar-refractivity contribution is 9.10. The van der Waals surface area contributed by atoms with Gasteiger partial charge in [-0.05, 0) is 44.9 Å². The number of hydrogen-bond acceptors (Lipinski definition) is 6. The van der Waals surface area contributed by atoms with Gasteiger partial charge in [-0.2, -0.15) is 5.11 Å². The van der Waals surface area contributed by atoms with Gasteiger partial charge in [-0.15, -0.1) is 0 Å². The minimum Gasteiger partial charge on any atom is -0.382 e. The van der Waals surface area contributed by atoms with E-state index in [-0.39, 0.29) is 6.10 Å². The Labute approximate surface area is 171 Å². The van der Waals surface area contributed by atoms with Crippen LogP contribution in [-0.4, -0.2) is 27.2 Å². The van der Waals surface area contributed by atoms with Crippen LogP contribution >= 0.6 is 15.9 Å². The lowest BCUT2D eigenvalue weighted by molar-refractivity contribution is 0.00622. The minimum absolute atomic E-state index is 0.223. The van der Waals surface area contributed by atoms with Gasteiger partial charge < -0.3 is 14.6 Å². The van der Waals surface area contributed by atoms with Crippen LogP contribution in [-0.2, 0) is 11.3 Å². The lowest BCUT2D eigenvalue weighted by Gasteiger charge is -2.30. The van der Waals surface area contributed by atoms with Crippen LogP contribution < -0.4 is 5.32 Å². The molecule has 1 saturated heterocycles. The van der Waals surface area contributed by atoms with Gasteiger partial charge in [0, 0.05) is 28.7 Å². The first-order valence-corrected chi connectivity index (χ1v) is 10.2. The number of nitrogens with one attached hydrogen (secondary N) is 2. The zero-order valence-electron chi connectivity index (χ0n) is 15.9. The molecular weight excluding hydrogens is 420 g/mol. The number of fused-ring (bicyclic) bond motifs is 3. The van der Waals surface area contributed by atoms with Crippen LogP contribution in [0.3, 0.4) is 0 Å². The van der Waals surface area contributed by atoms with Crippen molar-refractivity contribution in [3.63, 3.8) is 0 Å². The maximum atomic E-state index is 7.08. The van der Waals surface area contributed by atoms with Crippen molar-refractivity contribution in [2.45, 2.75) is 45.4 Å². The Morgan fingerprint density at radius 1 is 1.46 bits per heavy atom. The molecule has 0 aliphatic carbocycles. The zero-order chi connectivity index (χ0) is 19.7. The molecule has 0 radical (unpaired) electrons. The van der Waals surface area contributed by atoms with Crippen LogP contribution in [0.2, 0.25) is 0 Å². The van der Waals surface area contributed by atoms with Gasteiger partial charge in [0.15, 0.2) is 0 Å². The Morgan fingerprint density at radius 2 is 2.32 bits per heavy atom. The summed E-state index contributed by atoms with van der Waals surface area (Å²) in [4.78, 5) is 9.48. The first kappa shape index (κ1) is 19.0. The van der Waals surface area contributed by atoms with Crippen molar-refractivity contribution < 1.29 is 4.74 Å². The van der Waals surface area contributed by atoms with Gasteiger partial charge in [-0.25, -0.2) is 10.5 Å². The van der Waals surface area contributed by atoms with Crippen LogP contribution in [0.5, 0.6) is 0 Å². The van der Waals surface area contributed by atoms with E-state index >= 15 is 0 Å². The maximum absolute atomic E-state index is 7.08. The minimum atomic E-state index is 0.223. The number of hydrogen-bond donors (Lipinski definition) is 2. The fraction of sp³-hybridized carbons (Fsp3) is 0.400. The highest BCUT2D eigenvalue weighted by atomic mass is 79.9. The number of allylic oxidation sites excluding steroid dienone is 1. The molecule has 146 valence electrons. The topological polar surface area (TPSA) is 88.2 Å². The second-order valence-electron chi connectivity index (χ2n) is 7.19. The quantitative estimate of drug-likeness (QED) is 0.539. The van der Waals surface area contributed by atoms with Crippen molar-refractivity contribution in [3.05, 3.63) is 46.6 Å². The number of pyridine rings is 1. The van der Waals surface area contributed by atoms with Crippen molar-refractivity contribution in [2.24, 2.45) is 5.11 Å². The zero-order valence-corrected chi connectivity index (χ0v) is 17.5. The Kier molecular flexibility index (Phi) is 5.41. The first-order valence-electron chi connectivity index (χ1n) is 9.41. The molecule has 8 heteroatoms. The van der Waals surface area contributed by atoms with Crippen molar-refractivity contribution in [1.82, 2.24) is 19.9 Å². The van der Waals surface area contributed by atoms with E-state index in [2.05, 4.69) is 48.9 Å². The number of imidazole rings is 1. The predicted molar refractivity (Wildman–Crippen MR) is 112 cm³/mol. The van der Waals surface area contributed by atoms with Gasteiger partial charge in [-0.3, -0.25) is 4.98 Å². The SMILES string of the molecule is C/C(=C/NCc1nc2cnc3ccc(Br)cc3c2n1C1CCO[C@H](C)C1)N=N. The van der Waals surface area contributed by atoms with E-state index < -0.39 is 0 Å². The molecule has 0 saturated carbocycles. The molecule has 2 aromatic heterocycles. The number of aromatic nitrogens is 3. The lowest BCUT2D eigenvalue weighted by Crippen LogP contribution is -2.27. The number of rotatable bonds is 5. The molecule has 0 amide bonds. The summed E-state index contributed by atoms with van der Waals surface area (Å²) in [5.74, 6) is 0.956. The van der Waals surface area contributed by atoms with E-state index in [1.54, 1.807) is 13.1 Å². The van der Waals surface area contributed by atoms with Crippen LogP contribution in [0.15, 0.2) is 45.9 Å². The van der Waals surface area contributed by atoms with E-state index in [9.17, 15) is 0 Å². The molecule has 1 fully saturated rings. The standard InChI is InChI=1S/C20H23BrN6O/c1-12(26-22)9-23-11-19-25-18-10-24-17-4-3-14(21)8-16(17)20(18)27(19)15-5-6-28-13(2)7-15/h3-4,8-10,13,15,22-23H,5-7,11H2,1-2H3/b12-9-,26-22?/t13-,15?/m1/s1. The van der Waals surface area contributed by atoms with Crippen molar-refractivity contribution >= 4 is 37.9 Å². The van der Waals surface area contributed by atoms with Gasteiger partial charge in [0.2, 0.25) is 0 Å². The van der Waals surface area contributed by atoms with Gasteiger partial charge in [-0.1, -0.05) is 15.9 Å². The highest BCUT2D eigenvalue weighted by Gasteiger charge is 2.26. The molecule has 1 aliphatic rings. The smallest absolute Gasteiger partial charge is 0.129 e. The Hall–Kier alpha value is -2.32. The van der Waals surface area contributed by atoms with Crippen molar-refractivity contribution in [1.29, 1.82) is 5.53 Å². The van der Waals surface area contributed by atoms with Crippen LogP contribution in [0.1, 0.15) is 38.6 Å². The average Bonchev–Trinajstić information content (AvgIpc) is 3.06. The summed E-state index contributed by atoms with van der Waals surface area (Å²) in [6, 6.07) is 6.48. The molecule has 1 unspecified atom stereocenters. The molecule has 28 heavy (non-hydrogen) atoms. The molecular formula is C20H23BrN6O. The summed E-state index contributed by atoms with van der Waals surface area (Å²) in [6.45, 7) is 5.23. The fourth-order valence-corrected chi connectivity index (χ4v) is 4.21.